The number of fused-ring (bicyclic) bond motifs is 5. The summed E-state index contributed by atoms with van der Waals surface area (Å²) < 4.78 is 49.5. The van der Waals surface area contributed by atoms with Gasteiger partial charge in [0.05, 0.1) is 27.4 Å². The van der Waals surface area contributed by atoms with E-state index in [4.69, 9.17) is 4.42 Å². The minimum Gasteiger partial charge on any atom is -0.456 e. The molecule has 62 heavy (non-hydrogen) atoms. The van der Waals surface area contributed by atoms with E-state index in [0.29, 0.717) is 5.39 Å². The SMILES string of the molecule is O=c1c2ccc(-c3cccc(-n4c5c(-c6ccccc6)cc(-c6ccccc6)cc5c5cc(-c6ccccc6)cc(-c6ccccc6)c54)c3)cc2oc2cc(C(F)(F)F)ccc12. The van der Waals surface area contributed by atoms with E-state index < -0.39 is 11.7 Å². The summed E-state index contributed by atoms with van der Waals surface area (Å²) >= 11 is 0. The van der Waals surface area contributed by atoms with Gasteiger partial charge in [-0.3, -0.25) is 4.79 Å². The van der Waals surface area contributed by atoms with Crippen LogP contribution in [-0.2, 0) is 6.18 Å². The van der Waals surface area contributed by atoms with Gasteiger partial charge in [0, 0.05) is 27.6 Å². The normalized spacial score (nSPS) is 11.9. The molecule has 0 aliphatic heterocycles. The monoisotopic (exact) mass is 809 g/mol. The third-order valence-corrected chi connectivity index (χ3v) is 11.8. The quantitative estimate of drug-likeness (QED) is 0.157. The predicted octanol–water partition coefficient (Wildman–Crippen LogP) is 15.4. The van der Waals surface area contributed by atoms with Gasteiger partial charge in [0.2, 0.25) is 5.43 Å². The molecule has 2 heterocycles. The molecule has 6 heteroatoms. The molecular formula is C56H34F3NO2. The number of hydrogen-bond donors (Lipinski definition) is 0. The summed E-state index contributed by atoms with van der Waals surface area (Å²) in [4.78, 5) is 13.5. The van der Waals surface area contributed by atoms with Crippen molar-refractivity contribution in [1.82, 2.24) is 4.57 Å². The molecule has 0 atom stereocenters. The van der Waals surface area contributed by atoms with Crippen LogP contribution in [0.25, 0.3) is 105 Å². The number of benzene rings is 9. The van der Waals surface area contributed by atoms with Gasteiger partial charge in [0.25, 0.3) is 0 Å². The van der Waals surface area contributed by atoms with E-state index in [1.807, 2.05) is 42.5 Å². The molecule has 0 unspecified atom stereocenters. The first-order chi connectivity index (χ1) is 30.3. The number of hydrogen-bond acceptors (Lipinski definition) is 2. The first-order valence-electron chi connectivity index (χ1n) is 20.3. The van der Waals surface area contributed by atoms with Crippen molar-refractivity contribution < 1.29 is 17.6 Å². The molecule has 0 saturated heterocycles. The molecule has 0 amide bonds. The highest BCUT2D eigenvalue weighted by molar-refractivity contribution is 6.19. The second-order valence-electron chi connectivity index (χ2n) is 15.5. The topological polar surface area (TPSA) is 35.1 Å². The van der Waals surface area contributed by atoms with Crippen LogP contribution in [0.5, 0.6) is 0 Å². The summed E-state index contributed by atoms with van der Waals surface area (Å²) in [5.41, 5.74) is 12.1. The van der Waals surface area contributed by atoms with Crippen molar-refractivity contribution in [2.45, 2.75) is 6.18 Å². The lowest BCUT2D eigenvalue weighted by Gasteiger charge is -2.16. The van der Waals surface area contributed by atoms with E-state index >= 15 is 0 Å². The van der Waals surface area contributed by atoms with E-state index in [1.165, 1.54) is 6.07 Å². The minimum absolute atomic E-state index is 0.0981. The van der Waals surface area contributed by atoms with Gasteiger partial charge in [-0.15, -0.1) is 0 Å². The maximum absolute atomic E-state index is 13.7. The van der Waals surface area contributed by atoms with Crippen molar-refractivity contribution in [3.8, 4) is 61.3 Å². The molecule has 2 aromatic heterocycles. The van der Waals surface area contributed by atoms with Gasteiger partial charge in [0.15, 0.2) is 0 Å². The Morgan fingerprint density at radius 1 is 0.371 bits per heavy atom. The predicted molar refractivity (Wildman–Crippen MR) is 247 cm³/mol. The standard InChI is InChI=1S/C56H34F3NO2/c57-56(58,59)43-25-27-46-52(34-43)62-51-33-40(24-26-45(51)55(46)61)39-22-13-23-44(28-39)60-53-47(37-18-9-3-10-19-37)29-41(35-14-5-1-6-15-35)31-49(53)50-32-42(36-16-7-2-8-17-36)30-48(54(50)60)38-20-11-4-12-21-38/h1-34H. The Hall–Kier alpha value is -7.96. The molecule has 9 aromatic carbocycles. The average molecular weight is 810 g/mol. The van der Waals surface area contributed by atoms with Crippen LogP contribution in [0.15, 0.2) is 215 Å². The first kappa shape index (κ1) is 37.1. The second kappa shape index (κ2) is 14.6. The lowest BCUT2D eigenvalue weighted by Crippen LogP contribution is -2.07. The zero-order valence-corrected chi connectivity index (χ0v) is 33.0. The molecule has 0 N–H and O–H groups in total. The van der Waals surface area contributed by atoms with Crippen molar-refractivity contribution >= 4 is 43.7 Å². The van der Waals surface area contributed by atoms with Crippen molar-refractivity contribution in [1.29, 1.82) is 0 Å². The number of halogens is 3. The lowest BCUT2D eigenvalue weighted by molar-refractivity contribution is -0.137. The summed E-state index contributed by atoms with van der Waals surface area (Å²) in [5.74, 6) is 0. The fourth-order valence-corrected chi connectivity index (χ4v) is 8.83. The molecular weight excluding hydrogens is 776 g/mol. The molecule has 0 spiro atoms. The van der Waals surface area contributed by atoms with Crippen LogP contribution in [0.2, 0.25) is 0 Å². The number of rotatable bonds is 6. The number of nitrogens with zero attached hydrogens (tertiary/aromatic N) is 1. The van der Waals surface area contributed by atoms with Gasteiger partial charge in [0.1, 0.15) is 11.2 Å². The highest BCUT2D eigenvalue weighted by Gasteiger charge is 2.31. The average Bonchev–Trinajstić information content (AvgIpc) is 3.66. The van der Waals surface area contributed by atoms with Crippen LogP contribution in [0.1, 0.15) is 5.56 Å². The van der Waals surface area contributed by atoms with Gasteiger partial charge in [-0.2, -0.15) is 13.2 Å². The minimum atomic E-state index is -4.58. The molecule has 296 valence electrons. The summed E-state index contributed by atoms with van der Waals surface area (Å²) in [6.45, 7) is 0. The van der Waals surface area contributed by atoms with Crippen LogP contribution in [0, 0.1) is 0 Å². The Morgan fingerprint density at radius 3 is 1.34 bits per heavy atom. The molecule has 0 aliphatic rings. The van der Waals surface area contributed by atoms with E-state index in [2.05, 4.69) is 138 Å². The van der Waals surface area contributed by atoms with E-state index in [0.717, 1.165) is 95.3 Å². The summed E-state index contributed by atoms with van der Waals surface area (Å²) in [6, 6.07) is 67.6. The molecule has 0 bridgehead atoms. The van der Waals surface area contributed by atoms with Crippen LogP contribution in [-0.4, -0.2) is 4.57 Å². The second-order valence-corrected chi connectivity index (χ2v) is 15.5. The van der Waals surface area contributed by atoms with Crippen molar-refractivity contribution in [3.05, 3.63) is 222 Å². The molecule has 0 fully saturated rings. The molecule has 0 radical (unpaired) electrons. The third kappa shape index (κ3) is 6.36. The van der Waals surface area contributed by atoms with Crippen LogP contribution in [0.4, 0.5) is 13.2 Å². The van der Waals surface area contributed by atoms with Crippen molar-refractivity contribution in [2.24, 2.45) is 0 Å². The molecule has 3 nitrogen and oxygen atoms in total. The smallest absolute Gasteiger partial charge is 0.416 e. The molecule has 11 rings (SSSR count). The maximum atomic E-state index is 13.7. The van der Waals surface area contributed by atoms with Crippen molar-refractivity contribution in [3.63, 3.8) is 0 Å². The van der Waals surface area contributed by atoms with Gasteiger partial charge in [-0.25, -0.2) is 0 Å². The highest BCUT2D eigenvalue weighted by atomic mass is 19.4. The maximum Gasteiger partial charge on any atom is 0.416 e. The summed E-state index contributed by atoms with van der Waals surface area (Å²) in [6.07, 6.45) is -4.58. The Bertz CT molecular complexity index is 3420. The van der Waals surface area contributed by atoms with Crippen LogP contribution in [0.3, 0.4) is 0 Å². The van der Waals surface area contributed by atoms with Gasteiger partial charge >= 0.3 is 6.18 Å². The van der Waals surface area contributed by atoms with E-state index in [1.54, 1.807) is 12.1 Å². The van der Waals surface area contributed by atoms with Crippen LogP contribution >= 0.6 is 0 Å². The van der Waals surface area contributed by atoms with E-state index in [9.17, 15) is 18.0 Å². The van der Waals surface area contributed by atoms with Gasteiger partial charge < -0.3 is 8.98 Å². The zero-order chi connectivity index (χ0) is 42.0. The fourth-order valence-electron chi connectivity index (χ4n) is 8.83. The van der Waals surface area contributed by atoms with Gasteiger partial charge in [-0.05, 0) is 111 Å². The Balaban J connectivity index is 1.22. The van der Waals surface area contributed by atoms with Crippen LogP contribution < -0.4 is 5.43 Å². The molecule has 11 aromatic rings. The first-order valence-corrected chi connectivity index (χ1v) is 20.3. The summed E-state index contributed by atoms with van der Waals surface area (Å²) in [5, 5.41) is 2.58. The van der Waals surface area contributed by atoms with Gasteiger partial charge in [-0.1, -0.05) is 140 Å². The lowest BCUT2D eigenvalue weighted by atomic mass is 9.93. The highest BCUT2D eigenvalue weighted by Crippen LogP contribution is 2.46. The zero-order valence-electron chi connectivity index (χ0n) is 33.0. The Morgan fingerprint density at radius 2 is 0.823 bits per heavy atom. The Labute approximate surface area is 354 Å². The fraction of sp³-hybridized carbons (Fsp3) is 0.0179. The van der Waals surface area contributed by atoms with E-state index in [-0.39, 0.29) is 22.0 Å². The number of aromatic nitrogens is 1. The number of alkyl halides is 3. The largest absolute Gasteiger partial charge is 0.456 e. The summed E-state index contributed by atoms with van der Waals surface area (Å²) in [7, 11) is 0. The molecule has 0 aliphatic carbocycles. The van der Waals surface area contributed by atoms with Crippen molar-refractivity contribution in [2.75, 3.05) is 0 Å². The Kier molecular flexibility index (Phi) is 8.76. The third-order valence-electron chi connectivity index (χ3n) is 11.8. The molecule has 0 saturated carbocycles.